The van der Waals surface area contributed by atoms with E-state index in [-0.39, 0.29) is 0 Å². The molecule has 0 radical (unpaired) electrons. The molecule has 0 N–H and O–H groups in total. The number of hydrogen-bond donors (Lipinski definition) is 0. The van der Waals surface area contributed by atoms with Crippen molar-refractivity contribution >= 4 is 54.3 Å². The highest BCUT2D eigenvalue weighted by atomic mass is 15.0. The summed E-state index contributed by atoms with van der Waals surface area (Å²) in [5.74, 6) is 0. The summed E-state index contributed by atoms with van der Waals surface area (Å²) in [6.45, 7) is 0. The second-order valence-electron chi connectivity index (χ2n) is 9.24. The summed E-state index contributed by atoms with van der Waals surface area (Å²) in [4.78, 5) is 4.73. The summed E-state index contributed by atoms with van der Waals surface area (Å²) >= 11 is 0. The first-order chi connectivity index (χ1) is 17.4. The van der Waals surface area contributed by atoms with Crippen LogP contribution in [0.15, 0.2) is 121 Å². The van der Waals surface area contributed by atoms with Gasteiger partial charge in [-0.15, -0.1) is 0 Å². The maximum absolute atomic E-state index is 4.73. The highest BCUT2D eigenvalue weighted by molar-refractivity contribution is 6.25. The van der Waals surface area contributed by atoms with Gasteiger partial charge in [-0.3, -0.25) is 4.57 Å². The molecule has 2 heterocycles. The fraction of sp³-hybridized carbons (Fsp3) is 0. The summed E-state index contributed by atoms with van der Waals surface area (Å²) in [6, 6.07) is 41.7. The molecule has 6 aromatic carbocycles. The smallest absolute Gasteiger partial charge is 0.145 e. The highest BCUT2D eigenvalue weighted by Gasteiger charge is 2.14. The Bertz CT molecular complexity index is 1980. The van der Waals surface area contributed by atoms with Crippen LogP contribution in [0.4, 0.5) is 0 Å². The van der Waals surface area contributed by atoms with Gasteiger partial charge in [-0.05, 0) is 73.8 Å². The third-order valence-corrected chi connectivity index (χ3v) is 7.40. The Morgan fingerprint density at radius 2 is 1.20 bits per heavy atom. The van der Waals surface area contributed by atoms with Crippen molar-refractivity contribution in [1.29, 1.82) is 0 Å². The molecular weight excluding hydrogens is 424 g/mol. The summed E-state index contributed by atoms with van der Waals surface area (Å²) in [5.41, 5.74) is 5.78. The first kappa shape index (κ1) is 18.7. The zero-order valence-corrected chi connectivity index (χ0v) is 18.9. The van der Waals surface area contributed by atoms with Gasteiger partial charge in [0.2, 0.25) is 0 Å². The van der Waals surface area contributed by atoms with Crippen LogP contribution in [-0.4, -0.2) is 9.55 Å². The zero-order valence-electron chi connectivity index (χ0n) is 18.9. The molecule has 0 unspecified atom stereocenters. The van der Waals surface area contributed by atoms with Crippen molar-refractivity contribution in [2.75, 3.05) is 0 Å². The Morgan fingerprint density at radius 3 is 2.06 bits per heavy atom. The maximum Gasteiger partial charge on any atom is 0.145 e. The molecule has 0 saturated heterocycles. The third kappa shape index (κ3) is 2.57. The maximum atomic E-state index is 4.73. The Kier molecular flexibility index (Phi) is 3.69. The van der Waals surface area contributed by atoms with Crippen LogP contribution in [0.25, 0.3) is 71.1 Å². The first-order valence-electron chi connectivity index (χ1n) is 12.0. The van der Waals surface area contributed by atoms with E-state index >= 15 is 0 Å². The van der Waals surface area contributed by atoms with Crippen molar-refractivity contribution in [3.63, 3.8) is 0 Å². The van der Waals surface area contributed by atoms with E-state index in [1.54, 1.807) is 0 Å². The Hall–Kier alpha value is -4.69. The fourth-order valence-corrected chi connectivity index (χ4v) is 5.83. The SMILES string of the molecule is c1cc2ccc3ccc(-c4ccc(-n5c6ccccc6c6cccnc65)cc4)c4ccc(c1)c2c34. The van der Waals surface area contributed by atoms with Crippen LogP contribution in [0.2, 0.25) is 0 Å². The highest BCUT2D eigenvalue weighted by Crippen LogP contribution is 2.39. The zero-order chi connectivity index (χ0) is 22.9. The van der Waals surface area contributed by atoms with Crippen molar-refractivity contribution in [2.24, 2.45) is 0 Å². The largest absolute Gasteiger partial charge is 0.294 e. The quantitative estimate of drug-likeness (QED) is 0.244. The molecule has 0 bridgehead atoms. The number of rotatable bonds is 2. The van der Waals surface area contributed by atoms with Gasteiger partial charge in [0.15, 0.2) is 0 Å². The number of fused-ring (bicyclic) bond motifs is 3. The minimum absolute atomic E-state index is 0.990. The first-order valence-corrected chi connectivity index (χ1v) is 12.0. The molecule has 2 aromatic heterocycles. The van der Waals surface area contributed by atoms with Crippen molar-refractivity contribution in [3.05, 3.63) is 121 Å². The average molecular weight is 445 g/mol. The molecule has 0 spiro atoms. The lowest BCUT2D eigenvalue weighted by Gasteiger charge is -2.14. The van der Waals surface area contributed by atoms with Crippen LogP contribution in [0.5, 0.6) is 0 Å². The van der Waals surface area contributed by atoms with Crippen LogP contribution in [0.3, 0.4) is 0 Å². The lowest BCUT2D eigenvalue weighted by atomic mass is 9.90. The number of para-hydroxylation sites is 1. The normalized spacial score (nSPS) is 12.0. The second kappa shape index (κ2) is 6.91. The summed E-state index contributed by atoms with van der Waals surface area (Å²) in [6.07, 6.45) is 1.87. The number of aromatic nitrogens is 2. The molecular formula is C33H20N2. The molecule has 8 aromatic rings. The van der Waals surface area contributed by atoms with Crippen LogP contribution < -0.4 is 0 Å². The van der Waals surface area contributed by atoms with Gasteiger partial charge in [0.05, 0.1) is 5.52 Å². The summed E-state index contributed by atoms with van der Waals surface area (Å²) < 4.78 is 2.26. The molecule has 0 amide bonds. The number of nitrogens with zero attached hydrogens (tertiary/aromatic N) is 2. The topological polar surface area (TPSA) is 17.8 Å². The number of benzene rings is 6. The minimum Gasteiger partial charge on any atom is -0.294 e. The average Bonchev–Trinajstić information content (AvgIpc) is 3.26. The monoisotopic (exact) mass is 444 g/mol. The van der Waals surface area contributed by atoms with Gasteiger partial charge in [-0.2, -0.15) is 0 Å². The molecule has 162 valence electrons. The van der Waals surface area contributed by atoms with Gasteiger partial charge < -0.3 is 0 Å². The number of hydrogen-bond acceptors (Lipinski definition) is 1. The molecule has 0 fully saturated rings. The van der Waals surface area contributed by atoms with Crippen molar-refractivity contribution in [2.45, 2.75) is 0 Å². The van der Waals surface area contributed by atoms with Gasteiger partial charge >= 0.3 is 0 Å². The Labute approximate surface area is 202 Å². The van der Waals surface area contributed by atoms with E-state index < -0.39 is 0 Å². The van der Waals surface area contributed by atoms with E-state index in [1.807, 2.05) is 12.3 Å². The minimum atomic E-state index is 0.990. The second-order valence-corrected chi connectivity index (χ2v) is 9.24. The Morgan fingerprint density at radius 1 is 0.486 bits per heavy atom. The van der Waals surface area contributed by atoms with Gasteiger partial charge in [-0.25, -0.2) is 4.98 Å². The van der Waals surface area contributed by atoms with E-state index in [0.29, 0.717) is 0 Å². The summed E-state index contributed by atoms with van der Waals surface area (Å²) in [7, 11) is 0. The number of pyridine rings is 1. The van der Waals surface area contributed by atoms with E-state index in [9.17, 15) is 0 Å². The van der Waals surface area contributed by atoms with Crippen LogP contribution in [0, 0.1) is 0 Å². The molecule has 0 aliphatic carbocycles. The van der Waals surface area contributed by atoms with Crippen LogP contribution in [-0.2, 0) is 0 Å². The molecule has 2 heteroatoms. The molecule has 2 nitrogen and oxygen atoms in total. The van der Waals surface area contributed by atoms with E-state index in [1.165, 1.54) is 59.7 Å². The molecule has 0 atom stereocenters. The molecule has 8 rings (SSSR count). The van der Waals surface area contributed by atoms with Crippen LogP contribution >= 0.6 is 0 Å². The van der Waals surface area contributed by atoms with Crippen molar-refractivity contribution in [1.82, 2.24) is 9.55 Å². The van der Waals surface area contributed by atoms with E-state index in [2.05, 4.69) is 114 Å². The fourth-order valence-electron chi connectivity index (χ4n) is 5.83. The molecule has 35 heavy (non-hydrogen) atoms. The van der Waals surface area contributed by atoms with Gasteiger partial charge in [0.25, 0.3) is 0 Å². The molecule has 0 aliphatic rings. The lowest BCUT2D eigenvalue weighted by molar-refractivity contribution is 1.14. The Balaban J connectivity index is 1.34. The van der Waals surface area contributed by atoms with E-state index in [0.717, 1.165) is 11.3 Å². The van der Waals surface area contributed by atoms with E-state index in [4.69, 9.17) is 4.98 Å². The molecule has 0 aliphatic heterocycles. The van der Waals surface area contributed by atoms with Gasteiger partial charge in [0, 0.05) is 22.7 Å². The third-order valence-electron chi connectivity index (χ3n) is 7.40. The predicted octanol–water partition coefficient (Wildman–Crippen LogP) is 8.74. The van der Waals surface area contributed by atoms with Gasteiger partial charge in [-0.1, -0.05) is 84.9 Å². The molecule has 0 saturated carbocycles. The van der Waals surface area contributed by atoms with Crippen molar-refractivity contribution < 1.29 is 0 Å². The van der Waals surface area contributed by atoms with Crippen LogP contribution in [0.1, 0.15) is 0 Å². The van der Waals surface area contributed by atoms with Gasteiger partial charge in [0.1, 0.15) is 5.65 Å². The standard InChI is InChI=1S/C33H20N2/c1-2-9-30-27(7-1)29-8-4-20-34-33(29)35(30)25-16-12-21(13-17-25)26-18-14-24-11-10-22-5-3-6-23-15-19-28(26)32(24)31(22)23/h1-20H. The predicted molar refractivity (Wildman–Crippen MR) is 148 cm³/mol. The van der Waals surface area contributed by atoms with Crippen molar-refractivity contribution in [3.8, 4) is 16.8 Å². The lowest BCUT2D eigenvalue weighted by Crippen LogP contribution is -1.95. The summed E-state index contributed by atoms with van der Waals surface area (Å²) in [5, 5.41) is 10.3.